The van der Waals surface area contributed by atoms with Crippen molar-refractivity contribution < 1.29 is 13.2 Å². The highest BCUT2D eigenvalue weighted by Crippen LogP contribution is 2.19. The smallest absolute Gasteiger partial charge is 0.253 e. The molecule has 1 aromatic carbocycles. The van der Waals surface area contributed by atoms with Gasteiger partial charge in [-0.3, -0.25) is 4.79 Å². The number of rotatable bonds is 5. The van der Waals surface area contributed by atoms with Gasteiger partial charge in [0.1, 0.15) is 0 Å². The number of nitrogens with one attached hydrogen (secondary N) is 1. The minimum atomic E-state index is -3.52. The second kappa shape index (κ2) is 8.98. The quantitative estimate of drug-likeness (QED) is 0.835. The zero-order valence-corrected chi connectivity index (χ0v) is 16.9. The number of halogens is 1. The van der Waals surface area contributed by atoms with E-state index in [0.717, 1.165) is 19.4 Å². The van der Waals surface area contributed by atoms with Crippen molar-refractivity contribution in [2.45, 2.75) is 43.7 Å². The first-order chi connectivity index (χ1) is 11.3. The Balaban J connectivity index is 0.00000312. The SMILES string of the molecule is CNC1CCCN(C(=O)c2ccc(S(=O)(=O)N(C)C(C)C)cc2)C1.Cl. The number of hydrogen-bond donors (Lipinski definition) is 1. The van der Waals surface area contributed by atoms with Crippen molar-refractivity contribution in [3.05, 3.63) is 29.8 Å². The number of carbonyl (C=O) groups is 1. The largest absolute Gasteiger partial charge is 0.337 e. The second-order valence-electron chi connectivity index (χ2n) is 6.52. The normalized spacial score (nSPS) is 18.3. The van der Waals surface area contributed by atoms with E-state index in [2.05, 4.69) is 5.32 Å². The van der Waals surface area contributed by atoms with Crippen molar-refractivity contribution in [3.63, 3.8) is 0 Å². The van der Waals surface area contributed by atoms with Crippen LogP contribution in [0.15, 0.2) is 29.2 Å². The van der Waals surface area contributed by atoms with Crippen LogP contribution in [-0.4, -0.2) is 62.8 Å². The zero-order chi connectivity index (χ0) is 17.9. The Morgan fingerprint density at radius 3 is 2.40 bits per heavy atom. The lowest BCUT2D eigenvalue weighted by Gasteiger charge is -2.32. The molecular weight excluding hydrogens is 362 g/mol. The molecule has 1 saturated heterocycles. The predicted molar refractivity (Wildman–Crippen MR) is 102 cm³/mol. The van der Waals surface area contributed by atoms with Crippen LogP contribution in [0.4, 0.5) is 0 Å². The molecule has 0 radical (unpaired) electrons. The zero-order valence-electron chi connectivity index (χ0n) is 15.2. The maximum Gasteiger partial charge on any atom is 0.253 e. The van der Waals surface area contributed by atoms with Gasteiger partial charge in [-0.2, -0.15) is 4.31 Å². The molecule has 0 aromatic heterocycles. The lowest BCUT2D eigenvalue weighted by atomic mass is 10.0. The van der Waals surface area contributed by atoms with Crippen molar-refractivity contribution in [2.24, 2.45) is 0 Å². The second-order valence-corrected chi connectivity index (χ2v) is 8.52. The van der Waals surface area contributed by atoms with Crippen LogP contribution in [0.25, 0.3) is 0 Å². The molecule has 0 saturated carbocycles. The van der Waals surface area contributed by atoms with Gasteiger partial charge in [-0.05, 0) is 58.0 Å². The average molecular weight is 390 g/mol. The highest BCUT2D eigenvalue weighted by Gasteiger charge is 2.25. The van der Waals surface area contributed by atoms with Crippen molar-refractivity contribution in [1.82, 2.24) is 14.5 Å². The molecule has 1 aliphatic heterocycles. The van der Waals surface area contributed by atoms with Crippen LogP contribution in [0.3, 0.4) is 0 Å². The summed E-state index contributed by atoms with van der Waals surface area (Å²) in [7, 11) is -0.0534. The molecule has 0 bridgehead atoms. The standard InChI is InChI=1S/C17H27N3O3S.ClH/c1-13(2)19(4)24(22,23)16-9-7-14(8-10-16)17(21)20-11-5-6-15(12-20)18-3;/h7-10,13,15,18H,5-6,11-12H2,1-4H3;1H. The topological polar surface area (TPSA) is 69.7 Å². The molecule has 1 N–H and O–H groups in total. The van der Waals surface area contributed by atoms with Crippen molar-refractivity contribution in [2.75, 3.05) is 27.2 Å². The summed E-state index contributed by atoms with van der Waals surface area (Å²) >= 11 is 0. The van der Waals surface area contributed by atoms with Crippen molar-refractivity contribution in [1.29, 1.82) is 0 Å². The van der Waals surface area contributed by atoms with Crippen LogP contribution >= 0.6 is 12.4 Å². The highest BCUT2D eigenvalue weighted by atomic mass is 35.5. The number of sulfonamides is 1. The fourth-order valence-corrected chi connectivity index (χ4v) is 4.16. The summed E-state index contributed by atoms with van der Waals surface area (Å²) in [5.74, 6) is -0.0453. The van der Waals surface area contributed by atoms with E-state index in [1.807, 2.05) is 25.8 Å². The van der Waals surface area contributed by atoms with Crippen LogP contribution in [0, 0.1) is 0 Å². The van der Waals surface area contributed by atoms with E-state index < -0.39 is 10.0 Å². The number of likely N-dealkylation sites (tertiary alicyclic amines) is 1. The molecule has 25 heavy (non-hydrogen) atoms. The molecule has 8 heteroatoms. The first-order valence-electron chi connectivity index (χ1n) is 8.32. The van der Waals surface area contributed by atoms with Crippen LogP contribution in [0.5, 0.6) is 0 Å². The molecule has 6 nitrogen and oxygen atoms in total. The molecule has 1 heterocycles. The fourth-order valence-electron chi connectivity index (χ4n) is 2.79. The van der Waals surface area contributed by atoms with Crippen molar-refractivity contribution >= 4 is 28.3 Å². The monoisotopic (exact) mass is 389 g/mol. The molecular formula is C17H28ClN3O3S. The van der Waals surface area contributed by atoms with E-state index in [4.69, 9.17) is 0 Å². The van der Waals surface area contributed by atoms with Gasteiger partial charge < -0.3 is 10.2 Å². The molecule has 1 unspecified atom stereocenters. The van der Waals surface area contributed by atoms with E-state index in [1.165, 1.54) is 16.4 Å². The van der Waals surface area contributed by atoms with Gasteiger partial charge in [-0.1, -0.05) is 0 Å². The number of likely N-dealkylation sites (N-methyl/N-ethyl adjacent to an activating group) is 1. The lowest BCUT2D eigenvalue weighted by Crippen LogP contribution is -2.46. The average Bonchev–Trinajstić information content (AvgIpc) is 2.60. The van der Waals surface area contributed by atoms with Gasteiger partial charge in [0.2, 0.25) is 10.0 Å². The van der Waals surface area contributed by atoms with E-state index in [0.29, 0.717) is 18.2 Å². The minimum Gasteiger partial charge on any atom is -0.337 e. The van der Waals surface area contributed by atoms with Crippen molar-refractivity contribution in [3.8, 4) is 0 Å². The number of piperidine rings is 1. The van der Waals surface area contributed by atoms with E-state index in [9.17, 15) is 13.2 Å². The molecule has 2 rings (SSSR count). The lowest BCUT2D eigenvalue weighted by molar-refractivity contribution is 0.0698. The summed E-state index contributed by atoms with van der Waals surface area (Å²) in [5, 5.41) is 3.21. The molecule has 1 aliphatic rings. The van der Waals surface area contributed by atoms with E-state index >= 15 is 0 Å². The van der Waals surface area contributed by atoms with Crippen LogP contribution in [0.1, 0.15) is 37.0 Å². The Labute approximate surface area is 157 Å². The van der Waals surface area contributed by atoms with Crippen LogP contribution < -0.4 is 5.32 Å². The van der Waals surface area contributed by atoms with Gasteiger partial charge in [0.15, 0.2) is 0 Å². The molecule has 142 valence electrons. The van der Waals surface area contributed by atoms with Crippen LogP contribution in [-0.2, 0) is 10.0 Å². The first kappa shape index (κ1) is 21.9. The first-order valence-corrected chi connectivity index (χ1v) is 9.76. The third-order valence-electron chi connectivity index (χ3n) is 4.62. The maximum absolute atomic E-state index is 12.6. The van der Waals surface area contributed by atoms with Gasteiger partial charge >= 0.3 is 0 Å². The molecule has 0 aliphatic carbocycles. The molecule has 1 aromatic rings. The Hall–Kier alpha value is -1.15. The highest BCUT2D eigenvalue weighted by molar-refractivity contribution is 7.89. The third-order valence-corrected chi connectivity index (χ3v) is 6.67. The molecule has 1 amide bonds. The van der Waals surface area contributed by atoms with Gasteiger partial charge in [0, 0.05) is 37.8 Å². The predicted octanol–water partition coefficient (Wildman–Crippen LogP) is 1.96. The number of carbonyl (C=O) groups excluding carboxylic acids is 1. The van der Waals surface area contributed by atoms with Crippen LogP contribution in [0.2, 0.25) is 0 Å². The van der Waals surface area contributed by atoms with Gasteiger partial charge in [-0.25, -0.2) is 8.42 Å². The van der Waals surface area contributed by atoms with Gasteiger partial charge in [0.25, 0.3) is 5.91 Å². The third kappa shape index (κ3) is 4.94. The summed E-state index contributed by atoms with van der Waals surface area (Å²) in [6.45, 7) is 5.08. The molecule has 1 fully saturated rings. The molecule has 0 spiro atoms. The van der Waals surface area contributed by atoms with Gasteiger partial charge in [0.05, 0.1) is 4.90 Å². The summed E-state index contributed by atoms with van der Waals surface area (Å²) < 4.78 is 26.2. The maximum atomic E-state index is 12.6. The van der Waals surface area contributed by atoms with E-state index in [-0.39, 0.29) is 29.3 Å². The number of nitrogens with zero attached hydrogens (tertiary/aromatic N) is 2. The Kier molecular flexibility index (Phi) is 7.87. The number of amides is 1. The van der Waals surface area contributed by atoms with Gasteiger partial charge in [-0.15, -0.1) is 12.4 Å². The number of hydrogen-bond acceptors (Lipinski definition) is 4. The minimum absolute atomic E-state index is 0. The fraction of sp³-hybridized carbons (Fsp3) is 0.588. The summed E-state index contributed by atoms with van der Waals surface area (Å²) in [6, 6.07) is 6.44. The summed E-state index contributed by atoms with van der Waals surface area (Å²) in [5.41, 5.74) is 0.526. The van der Waals surface area contributed by atoms with E-state index in [1.54, 1.807) is 19.2 Å². The Morgan fingerprint density at radius 2 is 1.88 bits per heavy atom. The molecule has 1 atom stereocenters. The Morgan fingerprint density at radius 1 is 1.28 bits per heavy atom. The summed E-state index contributed by atoms with van der Waals surface area (Å²) in [6.07, 6.45) is 2.04. The summed E-state index contributed by atoms with van der Waals surface area (Å²) in [4.78, 5) is 14.6. The number of benzene rings is 1. The Bertz CT molecular complexity index is 677.